The first kappa shape index (κ1) is 7.25. The molecule has 0 N–H and O–H groups in total. The lowest BCUT2D eigenvalue weighted by Crippen LogP contribution is -2.29. The van der Waals surface area contributed by atoms with Gasteiger partial charge in [-0.25, -0.2) is 0 Å². The molecule has 3 heteroatoms. The van der Waals surface area contributed by atoms with Crippen molar-refractivity contribution < 1.29 is 9.59 Å². The van der Waals surface area contributed by atoms with Crippen molar-refractivity contribution in [2.45, 2.75) is 20.3 Å². The minimum Gasteiger partial charge on any atom is -0.283 e. The van der Waals surface area contributed by atoms with Crippen LogP contribution in [0.3, 0.4) is 0 Å². The van der Waals surface area contributed by atoms with E-state index in [2.05, 4.69) is 0 Å². The molecule has 10 heavy (non-hydrogen) atoms. The molecule has 0 aliphatic carbocycles. The van der Waals surface area contributed by atoms with Crippen LogP contribution in [0.5, 0.6) is 0 Å². The standard InChI is InChI=1S/C7H11NO2/c1-3-8-6(9)4-5(2)7(8)10/h5H,3-4H2,1-2H3/t5-/m1/s1. The van der Waals surface area contributed by atoms with E-state index in [-0.39, 0.29) is 17.7 Å². The van der Waals surface area contributed by atoms with Crippen LogP contribution in [0.4, 0.5) is 0 Å². The summed E-state index contributed by atoms with van der Waals surface area (Å²) in [6.07, 6.45) is 0.396. The number of nitrogens with zero attached hydrogens (tertiary/aromatic N) is 1. The van der Waals surface area contributed by atoms with Crippen LogP contribution in [-0.2, 0) is 9.59 Å². The van der Waals surface area contributed by atoms with Crippen molar-refractivity contribution in [1.82, 2.24) is 4.90 Å². The summed E-state index contributed by atoms with van der Waals surface area (Å²) in [5.74, 6) is -0.139. The van der Waals surface area contributed by atoms with Gasteiger partial charge in [-0.1, -0.05) is 6.92 Å². The van der Waals surface area contributed by atoms with E-state index < -0.39 is 0 Å². The Labute approximate surface area is 60.0 Å². The molecule has 2 amide bonds. The second-order valence-corrected chi connectivity index (χ2v) is 2.58. The zero-order chi connectivity index (χ0) is 7.72. The molecule has 1 saturated heterocycles. The summed E-state index contributed by atoms with van der Waals surface area (Å²) >= 11 is 0. The first-order valence-electron chi connectivity index (χ1n) is 3.51. The van der Waals surface area contributed by atoms with Gasteiger partial charge in [-0.15, -0.1) is 0 Å². The molecule has 0 unspecified atom stereocenters. The first-order chi connectivity index (χ1) is 4.66. The molecule has 0 saturated carbocycles. The minimum atomic E-state index is -0.0903. The van der Waals surface area contributed by atoms with Gasteiger partial charge in [-0.3, -0.25) is 14.5 Å². The summed E-state index contributed by atoms with van der Waals surface area (Å²) in [5.41, 5.74) is 0. The van der Waals surface area contributed by atoms with Crippen LogP contribution in [0.2, 0.25) is 0 Å². The Kier molecular flexibility index (Phi) is 1.74. The lowest BCUT2D eigenvalue weighted by molar-refractivity contribution is -0.138. The number of hydrogen-bond donors (Lipinski definition) is 0. The van der Waals surface area contributed by atoms with Crippen molar-refractivity contribution >= 4 is 11.8 Å². The highest BCUT2D eigenvalue weighted by Crippen LogP contribution is 2.17. The van der Waals surface area contributed by atoms with Gasteiger partial charge < -0.3 is 0 Å². The largest absolute Gasteiger partial charge is 0.283 e. The van der Waals surface area contributed by atoms with E-state index in [1.807, 2.05) is 6.92 Å². The molecule has 3 nitrogen and oxygen atoms in total. The summed E-state index contributed by atoms with van der Waals surface area (Å²) < 4.78 is 0. The SMILES string of the molecule is CCN1C(=O)C[C@@H](C)C1=O. The molecule has 0 spiro atoms. The average molecular weight is 141 g/mol. The van der Waals surface area contributed by atoms with Crippen LogP contribution in [0.1, 0.15) is 20.3 Å². The summed E-state index contributed by atoms with van der Waals surface area (Å²) in [6, 6.07) is 0. The van der Waals surface area contributed by atoms with E-state index in [0.717, 1.165) is 0 Å². The van der Waals surface area contributed by atoms with E-state index in [4.69, 9.17) is 0 Å². The molecule has 1 aliphatic heterocycles. The molecule has 0 aromatic carbocycles. The topological polar surface area (TPSA) is 37.4 Å². The number of carbonyl (C=O) groups excluding carboxylic acids is 2. The second kappa shape index (κ2) is 2.40. The molecule has 0 aromatic rings. The fourth-order valence-corrected chi connectivity index (χ4v) is 1.18. The maximum absolute atomic E-state index is 11.1. The van der Waals surface area contributed by atoms with Gasteiger partial charge in [0.05, 0.1) is 0 Å². The fourth-order valence-electron chi connectivity index (χ4n) is 1.18. The van der Waals surface area contributed by atoms with Gasteiger partial charge in [0.2, 0.25) is 11.8 Å². The first-order valence-corrected chi connectivity index (χ1v) is 3.51. The number of imide groups is 1. The van der Waals surface area contributed by atoms with Crippen molar-refractivity contribution in [3.05, 3.63) is 0 Å². The van der Waals surface area contributed by atoms with Crippen molar-refractivity contribution in [1.29, 1.82) is 0 Å². The van der Waals surface area contributed by atoms with Crippen LogP contribution < -0.4 is 0 Å². The Morgan fingerprint density at radius 3 is 2.40 bits per heavy atom. The van der Waals surface area contributed by atoms with Gasteiger partial charge in [0.15, 0.2) is 0 Å². The maximum Gasteiger partial charge on any atom is 0.232 e. The lowest BCUT2D eigenvalue weighted by atomic mass is 10.1. The normalized spacial score (nSPS) is 26.2. The van der Waals surface area contributed by atoms with Gasteiger partial charge >= 0.3 is 0 Å². The molecule has 0 aromatic heterocycles. The number of likely N-dealkylation sites (tertiary alicyclic amines) is 1. The molecular weight excluding hydrogens is 130 g/mol. The van der Waals surface area contributed by atoms with E-state index >= 15 is 0 Å². The van der Waals surface area contributed by atoms with Crippen LogP contribution in [0, 0.1) is 5.92 Å². The highest BCUT2D eigenvalue weighted by Gasteiger charge is 2.33. The molecular formula is C7H11NO2. The van der Waals surface area contributed by atoms with Crippen molar-refractivity contribution in [2.24, 2.45) is 5.92 Å². The third-order valence-electron chi connectivity index (χ3n) is 1.79. The van der Waals surface area contributed by atoms with Gasteiger partial charge in [0.1, 0.15) is 0 Å². The molecule has 1 aliphatic rings. The summed E-state index contributed by atoms with van der Waals surface area (Å²) in [5, 5.41) is 0. The zero-order valence-electron chi connectivity index (χ0n) is 6.26. The minimum absolute atomic E-state index is 0.0208. The van der Waals surface area contributed by atoms with Gasteiger partial charge in [0.25, 0.3) is 0 Å². The third kappa shape index (κ3) is 0.916. The summed E-state index contributed by atoms with van der Waals surface area (Å²) in [7, 11) is 0. The fraction of sp³-hybridized carbons (Fsp3) is 0.714. The zero-order valence-corrected chi connectivity index (χ0v) is 6.26. The monoisotopic (exact) mass is 141 g/mol. The summed E-state index contributed by atoms with van der Waals surface area (Å²) in [6.45, 7) is 4.12. The summed E-state index contributed by atoms with van der Waals surface area (Å²) in [4.78, 5) is 23.3. The highest BCUT2D eigenvalue weighted by atomic mass is 16.2. The van der Waals surface area contributed by atoms with Crippen LogP contribution in [0.25, 0.3) is 0 Å². The highest BCUT2D eigenvalue weighted by molar-refractivity contribution is 6.03. The van der Waals surface area contributed by atoms with Gasteiger partial charge in [-0.05, 0) is 6.92 Å². The van der Waals surface area contributed by atoms with Crippen molar-refractivity contribution in [2.75, 3.05) is 6.54 Å². The third-order valence-corrected chi connectivity index (χ3v) is 1.79. The Balaban J connectivity index is 2.74. The van der Waals surface area contributed by atoms with E-state index in [1.54, 1.807) is 6.92 Å². The average Bonchev–Trinajstić information content (AvgIpc) is 2.09. The molecule has 0 bridgehead atoms. The molecule has 0 radical (unpaired) electrons. The number of carbonyl (C=O) groups is 2. The Morgan fingerprint density at radius 2 is 2.20 bits per heavy atom. The predicted octanol–water partition coefficient (Wildman–Crippen LogP) is 0.401. The van der Waals surface area contributed by atoms with Crippen LogP contribution >= 0.6 is 0 Å². The van der Waals surface area contributed by atoms with E-state index in [0.29, 0.717) is 13.0 Å². The molecule has 1 rings (SSSR count). The molecule has 1 heterocycles. The Hall–Kier alpha value is -0.860. The van der Waals surface area contributed by atoms with Crippen LogP contribution in [0.15, 0.2) is 0 Å². The molecule has 56 valence electrons. The number of rotatable bonds is 1. The Bertz CT molecular complexity index is 176. The van der Waals surface area contributed by atoms with Crippen molar-refractivity contribution in [3.8, 4) is 0 Å². The smallest absolute Gasteiger partial charge is 0.232 e. The quantitative estimate of drug-likeness (QED) is 0.496. The lowest BCUT2D eigenvalue weighted by Gasteiger charge is -2.09. The van der Waals surface area contributed by atoms with Crippen LogP contribution in [-0.4, -0.2) is 23.3 Å². The van der Waals surface area contributed by atoms with E-state index in [1.165, 1.54) is 4.90 Å². The van der Waals surface area contributed by atoms with Gasteiger partial charge in [0, 0.05) is 18.9 Å². The predicted molar refractivity (Wildman–Crippen MR) is 36.2 cm³/mol. The number of amides is 2. The molecule has 1 fully saturated rings. The number of hydrogen-bond acceptors (Lipinski definition) is 2. The van der Waals surface area contributed by atoms with Gasteiger partial charge in [-0.2, -0.15) is 0 Å². The molecule has 1 atom stereocenters. The van der Waals surface area contributed by atoms with E-state index in [9.17, 15) is 9.59 Å². The maximum atomic E-state index is 11.1. The Morgan fingerprint density at radius 1 is 1.60 bits per heavy atom. The van der Waals surface area contributed by atoms with Crippen molar-refractivity contribution in [3.63, 3.8) is 0 Å². The second-order valence-electron chi connectivity index (χ2n) is 2.58.